The van der Waals surface area contributed by atoms with Crippen LogP contribution < -0.4 is 5.32 Å². The number of anilines is 1. The molecule has 3 aromatic rings. The van der Waals surface area contributed by atoms with Crippen molar-refractivity contribution in [1.29, 1.82) is 0 Å². The Labute approximate surface area is 105 Å². The lowest BCUT2D eigenvalue weighted by molar-refractivity contribution is 0.685. The third kappa shape index (κ3) is 1.95. The molecule has 0 aliphatic rings. The molecule has 92 valence electrons. The van der Waals surface area contributed by atoms with Crippen LogP contribution in [0.15, 0.2) is 37.1 Å². The van der Waals surface area contributed by atoms with Crippen LogP contribution in [0, 0.1) is 0 Å². The van der Waals surface area contributed by atoms with Gasteiger partial charge in [0, 0.05) is 23.6 Å². The molecule has 0 saturated heterocycles. The first-order valence-electron chi connectivity index (χ1n) is 6.03. The maximum absolute atomic E-state index is 4.12. The van der Waals surface area contributed by atoms with Crippen LogP contribution in [0.2, 0.25) is 0 Å². The van der Waals surface area contributed by atoms with Crippen LogP contribution in [-0.4, -0.2) is 26.3 Å². The molecule has 1 aromatic carbocycles. The summed E-state index contributed by atoms with van der Waals surface area (Å²) in [4.78, 5) is 7.21. The second-order valence-electron chi connectivity index (χ2n) is 4.21. The first kappa shape index (κ1) is 10.8. The van der Waals surface area contributed by atoms with Crippen LogP contribution in [0.4, 0.5) is 5.69 Å². The second kappa shape index (κ2) is 4.52. The maximum atomic E-state index is 4.12. The minimum absolute atomic E-state index is 0.743. The molecule has 2 N–H and O–H groups in total. The second-order valence-corrected chi connectivity index (χ2v) is 4.21. The Morgan fingerprint density at radius 3 is 3.11 bits per heavy atom. The molecule has 18 heavy (non-hydrogen) atoms. The van der Waals surface area contributed by atoms with Crippen molar-refractivity contribution in [2.45, 2.75) is 13.5 Å². The van der Waals surface area contributed by atoms with Crippen molar-refractivity contribution in [3.8, 4) is 0 Å². The lowest BCUT2D eigenvalue weighted by Crippen LogP contribution is -2.00. The number of H-pyrrole nitrogens is 1. The van der Waals surface area contributed by atoms with Crippen LogP contribution in [-0.2, 0) is 6.54 Å². The van der Waals surface area contributed by atoms with Gasteiger partial charge < -0.3 is 10.3 Å². The third-order valence-corrected chi connectivity index (χ3v) is 2.92. The standard InChI is InChI=1S/C13H15N5/c1-2-15-13-6-16-12-4-3-10(5-11(12)13)7-18-9-14-8-17-18/h3-6,8-9,15-16H,2,7H2,1H3. The molecule has 0 bridgehead atoms. The summed E-state index contributed by atoms with van der Waals surface area (Å²) in [5.74, 6) is 0. The van der Waals surface area contributed by atoms with E-state index >= 15 is 0 Å². The van der Waals surface area contributed by atoms with E-state index in [1.54, 1.807) is 12.7 Å². The van der Waals surface area contributed by atoms with Gasteiger partial charge in [0.05, 0.1) is 12.2 Å². The average Bonchev–Trinajstić information content (AvgIpc) is 3.00. The normalized spacial score (nSPS) is 10.9. The Balaban J connectivity index is 1.96. The largest absolute Gasteiger partial charge is 0.384 e. The smallest absolute Gasteiger partial charge is 0.137 e. The van der Waals surface area contributed by atoms with Gasteiger partial charge in [0.25, 0.3) is 0 Å². The molecule has 0 atom stereocenters. The van der Waals surface area contributed by atoms with E-state index in [0.717, 1.165) is 24.3 Å². The van der Waals surface area contributed by atoms with E-state index in [-0.39, 0.29) is 0 Å². The molecule has 3 rings (SSSR count). The molecule has 0 amide bonds. The van der Waals surface area contributed by atoms with Crippen LogP contribution in [0.25, 0.3) is 10.9 Å². The fourth-order valence-electron chi connectivity index (χ4n) is 2.10. The zero-order chi connectivity index (χ0) is 12.4. The SMILES string of the molecule is CCNc1c[nH]c2ccc(Cn3cncn3)cc12. The first-order valence-corrected chi connectivity index (χ1v) is 6.03. The molecular weight excluding hydrogens is 226 g/mol. The highest BCUT2D eigenvalue weighted by Gasteiger charge is 2.04. The van der Waals surface area contributed by atoms with Gasteiger partial charge in [-0.3, -0.25) is 0 Å². The summed E-state index contributed by atoms with van der Waals surface area (Å²) in [6.45, 7) is 3.75. The molecule has 0 spiro atoms. The molecule has 0 aliphatic carbocycles. The zero-order valence-corrected chi connectivity index (χ0v) is 10.2. The number of hydrogen-bond acceptors (Lipinski definition) is 3. The Morgan fingerprint density at radius 1 is 1.39 bits per heavy atom. The predicted octanol–water partition coefficient (Wildman–Crippen LogP) is 2.24. The van der Waals surface area contributed by atoms with Gasteiger partial charge in [-0.25, -0.2) is 9.67 Å². The number of hydrogen-bond donors (Lipinski definition) is 2. The number of benzene rings is 1. The number of fused-ring (bicyclic) bond motifs is 1. The fraction of sp³-hybridized carbons (Fsp3) is 0.231. The Hall–Kier alpha value is -2.30. The van der Waals surface area contributed by atoms with Gasteiger partial charge in [0.1, 0.15) is 12.7 Å². The van der Waals surface area contributed by atoms with Gasteiger partial charge in [-0.15, -0.1) is 0 Å². The van der Waals surface area contributed by atoms with Gasteiger partial charge in [-0.2, -0.15) is 5.10 Å². The van der Waals surface area contributed by atoms with Gasteiger partial charge in [0.15, 0.2) is 0 Å². The summed E-state index contributed by atoms with van der Waals surface area (Å²) in [5, 5.41) is 8.69. The summed E-state index contributed by atoms with van der Waals surface area (Å²) in [6, 6.07) is 6.39. The lowest BCUT2D eigenvalue weighted by Gasteiger charge is -2.04. The quantitative estimate of drug-likeness (QED) is 0.736. The number of rotatable bonds is 4. The highest BCUT2D eigenvalue weighted by molar-refractivity contribution is 5.92. The molecule has 2 heterocycles. The Bertz CT molecular complexity index is 639. The van der Waals surface area contributed by atoms with Crippen molar-refractivity contribution in [3.63, 3.8) is 0 Å². The van der Waals surface area contributed by atoms with Crippen molar-refractivity contribution >= 4 is 16.6 Å². The monoisotopic (exact) mass is 241 g/mol. The molecule has 5 heteroatoms. The lowest BCUT2D eigenvalue weighted by atomic mass is 10.1. The number of nitrogens with zero attached hydrogens (tertiary/aromatic N) is 3. The topological polar surface area (TPSA) is 58.5 Å². The van der Waals surface area contributed by atoms with Crippen molar-refractivity contribution in [2.24, 2.45) is 0 Å². The number of nitrogens with one attached hydrogen (secondary N) is 2. The van der Waals surface area contributed by atoms with E-state index < -0.39 is 0 Å². The molecule has 0 radical (unpaired) electrons. The molecule has 5 nitrogen and oxygen atoms in total. The summed E-state index contributed by atoms with van der Waals surface area (Å²) >= 11 is 0. The van der Waals surface area contributed by atoms with E-state index in [1.807, 2.05) is 10.9 Å². The Kier molecular flexibility index (Phi) is 2.72. The summed E-state index contributed by atoms with van der Waals surface area (Å²) in [5.41, 5.74) is 3.51. The van der Waals surface area contributed by atoms with E-state index in [9.17, 15) is 0 Å². The molecular formula is C13H15N5. The van der Waals surface area contributed by atoms with Crippen molar-refractivity contribution < 1.29 is 0 Å². The van der Waals surface area contributed by atoms with E-state index in [0.29, 0.717) is 0 Å². The fourth-order valence-corrected chi connectivity index (χ4v) is 2.10. The minimum Gasteiger partial charge on any atom is -0.384 e. The van der Waals surface area contributed by atoms with Gasteiger partial charge in [-0.1, -0.05) is 6.07 Å². The van der Waals surface area contributed by atoms with Gasteiger partial charge >= 0.3 is 0 Å². The van der Waals surface area contributed by atoms with Crippen molar-refractivity contribution in [1.82, 2.24) is 19.7 Å². The average molecular weight is 241 g/mol. The maximum Gasteiger partial charge on any atom is 0.137 e. The van der Waals surface area contributed by atoms with E-state index in [2.05, 4.69) is 45.5 Å². The number of aromatic nitrogens is 4. The molecule has 0 fully saturated rings. The highest BCUT2D eigenvalue weighted by Crippen LogP contribution is 2.24. The molecule has 2 aromatic heterocycles. The van der Waals surface area contributed by atoms with Gasteiger partial charge in [-0.05, 0) is 24.6 Å². The van der Waals surface area contributed by atoms with Crippen LogP contribution in [0.3, 0.4) is 0 Å². The first-order chi connectivity index (χ1) is 8.86. The highest BCUT2D eigenvalue weighted by atomic mass is 15.3. The van der Waals surface area contributed by atoms with Crippen molar-refractivity contribution in [2.75, 3.05) is 11.9 Å². The number of aromatic amines is 1. The summed E-state index contributed by atoms with van der Waals surface area (Å²) in [7, 11) is 0. The van der Waals surface area contributed by atoms with Crippen LogP contribution in [0.5, 0.6) is 0 Å². The minimum atomic E-state index is 0.743. The predicted molar refractivity (Wildman–Crippen MR) is 71.6 cm³/mol. The third-order valence-electron chi connectivity index (χ3n) is 2.92. The van der Waals surface area contributed by atoms with Gasteiger partial charge in [0.2, 0.25) is 0 Å². The van der Waals surface area contributed by atoms with Crippen LogP contribution >= 0.6 is 0 Å². The van der Waals surface area contributed by atoms with Crippen LogP contribution in [0.1, 0.15) is 12.5 Å². The zero-order valence-electron chi connectivity index (χ0n) is 10.2. The molecule has 0 saturated carbocycles. The molecule has 0 unspecified atom stereocenters. The van der Waals surface area contributed by atoms with E-state index in [1.165, 1.54) is 10.9 Å². The summed E-state index contributed by atoms with van der Waals surface area (Å²) < 4.78 is 1.82. The summed E-state index contributed by atoms with van der Waals surface area (Å²) in [6.07, 6.45) is 5.29. The molecule has 0 aliphatic heterocycles. The van der Waals surface area contributed by atoms with Crippen molar-refractivity contribution in [3.05, 3.63) is 42.6 Å². The Morgan fingerprint density at radius 2 is 2.33 bits per heavy atom. The van der Waals surface area contributed by atoms with E-state index in [4.69, 9.17) is 0 Å².